The van der Waals surface area contributed by atoms with Crippen molar-refractivity contribution < 1.29 is 5.11 Å². The first-order valence-electron chi connectivity index (χ1n) is 4.37. The molecule has 1 N–H and O–H groups in total. The second-order valence-corrected chi connectivity index (χ2v) is 3.19. The molecule has 0 saturated heterocycles. The van der Waals surface area contributed by atoms with Gasteiger partial charge in [0.25, 0.3) is 0 Å². The maximum absolute atomic E-state index is 9.24. The van der Waals surface area contributed by atoms with Gasteiger partial charge in [-0.15, -0.1) is 0 Å². The number of rotatable bonds is 3. The first-order chi connectivity index (χ1) is 5.65. The molecular formula is C9H16N2O. The molecule has 0 radical (unpaired) electrons. The van der Waals surface area contributed by atoms with Gasteiger partial charge < -0.3 is 5.11 Å². The van der Waals surface area contributed by atoms with Gasteiger partial charge in [0.15, 0.2) is 0 Å². The van der Waals surface area contributed by atoms with Crippen LogP contribution in [0, 0.1) is 0 Å². The predicted octanol–water partition coefficient (Wildman–Crippen LogP) is 1.91. The maximum atomic E-state index is 9.24. The molecule has 1 rings (SSSR count). The summed E-state index contributed by atoms with van der Waals surface area (Å²) < 4.78 is 1.89. The number of aromatic nitrogens is 2. The summed E-state index contributed by atoms with van der Waals surface area (Å²) in [6.45, 7) is 5.98. The Morgan fingerprint density at radius 1 is 1.58 bits per heavy atom. The number of aliphatic hydroxyl groups is 1. The summed E-state index contributed by atoms with van der Waals surface area (Å²) in [7, 11) is 0. The zero-order valence-electron chi connectivity index (χ0n) is 7.86. The van der Waals surface area contributed by atoms with Crippen LogP contribution in [0.1, 0.15) is 44.9 Å². The van der Waals surface area contributed by atoms with Gasteiger partial charge in [-0.1, -0.05) is 6.92 Å². The lowest BCUT2D eigenvalue weighted by molar-refractivity contribution is 0.199. The molecule has 2 unspecified atom stereocenters. The molecule has 12 heavy (non-hydrogen) atoms. The second kappa shape index (κ2) is 3.72. The van der Waals surface area contributed by atoms with Crippen molar-refractivity contribution in [3.8, 4) is 0 Å². The Hall–Kier alpha value is -0.830. The number of nitrogens with zero attached hydrogens (tertiary/aromatic N) is 2. The third kappa shape index (κ3) is 1.85. The van der Waals surface area contributed by atoms with E-state index in [1.807, 2.05) is 10.9 Å². The van der Waals surface area contributed by atoms with Gasteiger partial charge in [-0.05, 0) is 20.3 Å². The van der Waals surface area contributed by atoms with E-state index in [-0.39, 0.29) is 0 Å². The molecular weight excluding hydrogens is 152 g/mol. The van der Waals surface area contributed by atoms with E-state index in [1.54, 1.807) is 13.1 Å². The van der Waals surface area contributed by atoms with Crippen molar-refractivity contribution in [3.63, 3.8) is 0 Å². The fourth-order valence-corrected chi connectivity index (χ4v) is 0.997. The van der Waals surface area contributed by atoms with Gasteiger partial charge in [0.2, 0.25) is 0 Å². The maximum Gasteiger partial charge on any atom is 0.0792 e. The third-order valence-electron chi connectivity index (χ3n) is 2.15. The SMILES string of the molecule is CCC(C)n1cc(C(C)O)cn1. The van der Waals surface area contributed by atoms with Crippen LogP contribution in [0.15, 0.2) is 12.4 Å². The van der Waals surface area contributed by atoms with Crippen LogP contribution in [0.3, 0.4) is 0 Å². The number of hydrogen-bond acceptors (Lipinski definition) is 2. The molecule has 2 atom stereocenters. The topological polar surface area (TPSA) is 38.0 Å². The van der Waals surface area contributed by atoms with Gasteiger partial charge in [-0.25, -0.2) is 0 Å². The standard InChI is InChI=1S/C9H16N2O/c1-4-7(2)11-6-9(5-10-11)8(3)12/h5-8,12H,4H2,1-3H3. The first-order valence-corrected chi connectivity index (χ1v) is 4.37. The molecule has 1 aromatic heterocycles. The van der Waals surface area contributed by atoms with Gasteiger partial charge in [-0.3, -0.25) is 4.68 Å². The van der Waals surface area contributed by atoms with Crippen LogP contribution in [0.4, 0.5) is 0 Å². The minimum atomic E-state index is -0.414. The largest absolute Gasteiger partial charge is 0.389 e. The molecule has 0 fully saturated rings. The monoisotopic (exact) mass is 168 g/mol. The van der Waals surface area contributed by atoms with Crippen molar-refractivity contribution in [1.82, 2.24) is 9.78 Å². The zero-order valence-corrected chi connectivity index (χ0v) is 7.86. The molecule has 0 spiro atoms. The highest BCUT2D eigenvalue weighted by Crippen LogP contribution is 2.14. The summed E-state index contributed by atoms with van der Waals surface area (Å²) in [6, 6.07) is 0.414. The van der Waals surface area contributed by atoms with Crippen molar-refractivity contribution in [3.05, 3.63) is 18.0 Å². The summed E-state index contributed by atoms with van der Waals surface area (Å²) in [6.07, 6.45) is 4.26. The smallest absolute Gasteiger partial charge is 0.0792 e. The third-order valence-corrected chi connectivity index (χ3v) is 2.15. The van der Waals surface area contributed by atoms with Gasteiger partial charge in [-0.2, -0.15) is 5.10 Å². The lowest BCUT2D eigenvalue weighted by atomic mass is 10.2. The van der Waals surface area contributed by atoms with E-state index in [0.29, 0.717) is 6.04 Å². The molecule has 0 aliphatic carbocycles. The fourth-order valence-electron chi connectivity index (χ4n) is 0.997. The molecule has 68 valence electrons. The number of aliphatic hydroxyl groups excluding tert-OH is 1. The van der Waals surface area contributed by atoms with Crippen LogP contribution in [0.2, 0.25) is 0 Å². The highest BCUT2D eigenvalue weighted by atomic mass is 16.3. The molecule has 3 nitrogen and oxygen atoms in total. The van der Waals surface area contributed by atoms with E-state index in [0.717, 1.165) is 12.0 Å². The minimum absolute atomic E-state index is 0.414. The molecule has 0 saturated carbocycles. The molecule has 0 amide bonds. The van der Waals surface area contributed by atoms with E-state index in [4.69, 9.17) is 0 Å². The predicted molar refractivity (Wildman–Crippen MR) is 47.9 cm³/mol. The van der Waals surface area contributed by atoms with E-state index >= 15 is 0 Å². The minimum Gasteiger partial charge on any atom is -0.389 e. The van der Waals surface area contributed by atoms with Crippen LogP contribution in [0.25, 0.3) is 0 Å². The van der Waals surface area contributed by atoms with Crippen molar-refractivity contribution in [1.29, 1.82) is 0 Å². The lowest BCUT2D eigenvalue weighted by Gasteiger charge is -2.07. The average Bonchev–Trinajstić information content (AvgIpc) is 2.51. The Morgan fingerprint density at radius 2 is 2.25 bits per heavy atom. The van der Waals surface area contributed by atoms with Crippen molar-refractivity contribution in [2.45, 2.75) is 39.3 Å². The van der Waals surface area contributed by atoms with Crippen LogP contribution >= 0.6 is 0 Å². The summed E-state index contributed by atoms with van der Waals surface area (Å²) in [5, 5.41) is 13.4. The van der Waals surface area contributed by atoms with Gasteiger partial charge in [0.1, 0.15) is 0 Å². The highest BCUT2D eigenvalue weighted by molar-refractivity contribution is 5.06. The Kier molecular flexibility index (Phi) is 2.87. The lowest BCUT2D eigenvalue weighted by Crippen LogP contribution is -2.03. The van der Waals surface area contributed by atoms with Crippen molar-refractivity contribution in [2.75, 3.05) is 0 Å². The normalized spacial score (nSPS) is 16.0. The van der Waals surface area contributed by atoms with Gasteiger partial charge in [0, 0.05) is 17.8 Å². The zero-order chi connectivity index (χ0) is 9.14. The van der Waals surface area contributed by atoms with E-state index in [1.165, 1.54) is 0 Å². The highest BCUT2D eigenvalue weighted by Gasteiger charge is 2.06. The summed E-state index contributed by atoms with van der Waals surface area (Å²) in [4.78, 5) is 0. The molecule has 3 heteroatoms. The summed E-state index contributed by atoms with van der Waals surface area (Å²) in [5.41, 5.74) is 0.885. The molecule has 0 aliphatic rings. The molecule has 1 heterocycles. The average molecular weight is 168 g/mol. The Labute approximate surface area is 73.0 Å². The second-order valence-electron chi connectivity index (χ2n) is 3.19. The van der Waals surface area contributed by atoms with E-state index < -0.39 is 6.10 Å². The Balaban J connectivity index is 2.77. The molecule has 1 aromatic rings. The van der Waals surface area contributed by atoms with Crippen molar-refractivity contribution >= 4 is 0 Å². The fraction of sp³-hybridized carbons (Fsp3) is 0.667. The summed E-state index contributed by atoms with van der Waals surface area (Å²) >= 11 is 0. The van der Waals surface area contributed by atoms with Gasteiger partial charge in [0.05, 0.1) is 12.3 Å². The van der Waals surface area contributed by atoms with Gasteiger partial charge >= 0.3 is 0 Å². The van der Waals surface area contributed by atoms with E-state index in [2.05, 4.69) is 18.9 Å². The quantitative estimate of drug-likeness (QED) is 0.748. The summed E-state index contributed by atoms with van der Waals surface area (Å²) in [5.74, 6) is 0. The Bertz CT molecular complexity index is 242. The van der Waals surface area contributed by atoms with E-state index in [9.17, 15) is 5.11 Å². The molecule has 0 aromatic carbocycles. The first kappa shape index (κ1) is 9.26. The molecule has 0 aliphatic heterocycles. The van der Waals surface area contributed by atoms with Crippen LogP contribution in [0.5, 0.6) is 0 Å². The van der Waals surface area contributed by atoms with Crippen LogP contribution in [-0.2, 0) is 0 Å². The van der Waals surface area contributed by atoms with Crippen molar-refractivity contribution in [2.24, 2.45) is 0 Å². The van der Waals surface area contributed by atoms with Crippen LogP contribution in [-0.4, -0.2) is 14.9 Å². The number of hydrogen-bond donors (Lipinski definition) is 1. The van der Waals surface area contributed by atoms with Crippen LogP contribution < -0.4 is 0 Å². The Morgan fingerprint density at radius 3 is 2.67 bits per heavy atom. The molecule has 0 bridgehead atoms.